The third-order valence-corrected chi connectivity index (χ3v) is 3.46. The molecular weight excluding hydrogens is 344 g/mol. The van der Waals surface area contributed by atoms with Crippen LogP contribution in [0, 0.1) is 10.1 Å². The van der Waals surface area contributed by atoms with E-state index in [9.17, 15) is 14.9 Å². The fraction of sp³-hybridized carbons (Fsp3) is 0.235. The van der Waals surface area contributed by atoms with Gasteiger partial charge in [0.15, 0.2) is 11.5 Å². The maximum absolute atomic E-state index is 11.8. The van der Waals surface area contributed by atoms with E-state index in [0.29, 0.717) is 5.69 Å². The van der Waals surface area contributed by atoms with Gasteiger partial charge in [-0.2, -0.15) is 4.89 Å². The molecule has 0 aliphatic rings. The maximum atomic E-state index is 11.8. The Morgan fingerprint density at radius 3 is 2.31 bits per heavy atom. The summed E-state index contributed by atoms with van der Waals surface area (Å²) in [5, 5.41) is 13.8. The van der Waals surface area contributed by atoms with E-state index in [1.54, 1.807) is 30.3 Å². The van der Waals surface area contributed by atoms with E-state index in [4.69, 9.17) is 14.4 Å². The molecule has 2 rings (SSSR count). The van der Waals surface area contributed by atoms with Crippen LogP contribution >= 0.6 is 0 Å². The molecule has 0 saturated heterocycles. The molecule has 26 heavy (non-hydrogen) atoms. The van der Waals surface area contributed by atoms with Gasteiger partial charge in [0.1, 0.15) is 6.10 Å². The summed E-state index contributed by atoms with van der Waals surface area (Å²) < 4.78 is 10.2. The van der Waals surface area contributed by atoms with Crippen molar-refractivity contribution in [3.8, 4) is 11.5 Å². The lowest BCUT2D eigenvalue weighted by Crippen LogP contribution is -2.16. The first-order chi connectivity index (χ1) is 12.5. The number of hydrogen-bond donors (Lipinski definition) is 1. The zero-order valence-corrected chi connectivity index (χ0v) is 14.4. The monoisotopic (exact) mass is 362 g/mol. The van der Waals surface area contributed by atoms with Crippen molar-refractivity contribution in [2.45, 2.75) is 13.0 Å². The first kappa shape index (κ1) is 19.0. The van der Waals surface area contributed by atoms with Crippen molar-refractivity contribution in [1.29, 1.82) is 0 Å². The summed E-state index contributed by atoms with van der Waals surface area (Å²) in [5.41, 5.74) is 0.438. The summed E-state index contributed by atoms with van der Waals surface area (Å²) in [4.78, 5) is 32.2. The van der Waals surface area contributed by atoms with Crippen LogP contribution in [-0.2, 0) is 9.78 Å². The van der Waals surface area contributed by atoms with Crippen molar-refractivity contribution in [3.63, 3.8) is 0 Å². The fourth-order valence-electron chi connectivity index (χ4n) is 2.20. The second kappa shape index (κ2) is 8.67. The minimum Gasteiger partial charge on any atom is -0.493 e. The summed E-state index contributed by atoms with van der Waals surface area (Å²) in [6.45, 7) is 1.50. The van der Waals surface area contributed by atoms with Crippen LogP contribution in [0.25, 0.3) is 0 Å². The van der Waals surface area contributed by atoms with Crippen LogP contribution in [0.2, 0.25) is 0 Å². The van der Waals surface area contributed by atoms with Gasteiger partial charge in [0.2, 0.25) is 0 Å². The third kappa shape index (κ3) is 4.61. The maximum Gasteiger partial charge on any atom is 0.443 e. The smallest absolute Gasteiger partial charge is 0.443 e. The van der Waals surface area contributed by atoms with Gasteiger partial charge in [0.25, 0.3) is 5.69 Å². The van der Waals surface area contributed by atoms with Crippen LogP contribution in [0.3, 0.4) is 0 Å². The second-order valence-electron chi connectivity index (χ2n) is 5.12. The van der Waals surface area contributed by atoms with E-state index in [2.05, 4.69) is 10.2 Å². The molecule has 0 spiro atoms. The Bertz CT molecular complexity index is 780. The predicted molar refractivity (Wildman–Crippen MR) is 92.2 cm³/mol. The molecule has 0 radical (unpaired) electrons. The number of methoxy groups -OCH3 is 2. The Balaban J connectivity index is 2.11. The Hall–Kier alpha value is -3.33. The number of ether oxygens (including phenoxy) is 2. The molecule has 0 saturated carbocycles. The number of hydrogen-bond acceptors (Lipinski definition) is 7. The lowest BCUT2D eigenvalue weighted by molar-refractivity contribution is -0.387. The normalized spacial score (nSPS) is 11.3. The Morgan fingerprint density at radius 2 is 1.73 bits per heavy atom. The molecular formula is C17H18N2O7. The highest BCUT2D eigenvalue weighted by atomic mass is 17.2. The average molecular weight is 362 g/mol. The highest BCUT2D eigenvalue weighted by molar-refractivity contribution is 5.83. The molecule has 0 aromatic heterocycles. The number of nitrogens with one attached hydrogen (secondary N) is 1. The first-order valence-electron chi connectivity index (χ1n) is 7.56. The summed E-state index contributed by atoms with van der Waals surface area (Å²) in [6, 6.07) is 11.2. The third-order valence-electron chi connectivity index (χ3n) is 3.46. The van der Waals surface area contributed by atoms with E-state index in [-0.39, 0.29) is 22.7 Å². The lowest BCUT2D eigenvalue weighted by atomic mass is 10.1. The molecule has 1 unspecified atom stereocenters. The van der Waals surface area contributed by atoms with Gasteiger partial charge in [-0.15, -0.1) is 0 Å². The van der Waals surface area contributed by atoms with Gasteiger partial charge < -0.3 is 9.47 Å². The lowest BCUT2D eigenvalue weighted by Gasteiger charge is -2.15. The highest BCUT2D eigenvalue weighted by Crippen LogP contribution is 2.38. The first-order valence-corrected chi connectivity index (χ1v) is 7.56. The summed E-state index contributed by atoms with van der Waals surface area (Å²) in [6.07, 6.45) is -1.78. The number of nitro benzene ring substituents is 1. The molecule has 2 aromatic carbocycles. The molecule has 0 aliphatic carbocycles. The van der Waals surface area contributed by atoms with E-state index in [1.165, 1.54) is 33.3 Å². The van der Waals surface area contributed by atoms with Crippen molar-refractivity contribution in [2.75, 3.05) is 19.5 Å². The molecule has 0 heterocycles. The highest BCUT2D eigenvalue weighted by Gasteiger charge is 2.25. The van der Waals surface area contributed by atoms with Gasteiger partial charge in [-0.3, -0.25) is 20.3 Å². The van der Waals surface area contributed by atoms with Gasteiger partial charge in [0, 0.05) is 5.69 Å². The van der Waals surface area contributed by atoms with Crippen molar-refractivity contribution >= 4 is 17.5 Å². The van der Waals surface area contributed by atoms with Crippen molar-refractivity contribution in [2.24, 2.45) is 0 Å². The zero-order valence-electron chi connectivity index (χ0n) is 14.4. The number of amides is 1. The molecule has 0 fully saturated rings. The van der Waals surface area contributed by atoms with Crippen molar-refractivity contribution < 1.29 is 29.0 Å². The molecule has 2 aromatic rings. The van der Waals surface area contributed by atoms with E-state index in [1.807, 2.05) is 0 Å². The molecule has 0 aliphatic heterocycles. The van der Waals surface area contributed by atoms with E-state index >= 15 is 0 Å². The van der Waals surface area contributed by atoms with Crippen molar-refractivity contribution in [1.82, 2.24) is 0 Å². The number of carbonyl (C=O) groups is 1. The summed E-state index contributed by atoms with van der Waals surface area (Å²) in [7, 11) is 2.78. The second-order valence-corrected chi connectivity index (χ2v) is 5.12. The fourth-order valence-corrected chi connectivity index (χ4v) is 2.20. The largest absolute Gasteiger partial charge is 0.493 e. The van der Waals surface area contributed by atoms with E-state index in [0.717, 1.165) is 0 Å². The molecule has 1 amide bonds. The number of nitrogens with zero attached hydrogens (tertiary/aromatic N) is 1. The Morgan fingerprint density at radius 1 is 1.12 bits per heavy atom. The van der Waals surface area contributed by atoms with Gasteiger partial charge in [-0.05, 0) is 25.1 Å². The van der Waals surface area contributed by atoms with Crippen LogP contribution in [-0.4, -0.2) is 25.2 Å². The number of para-hydroxylation sites is 1. The van der Waals surface area contributed by atoms with Crippen LogP contribution in [0.15, 0.2) is 42.5 Å². The summed E-state index contributed by atoms with van der Waals surface area (Å²) >= 11 is 0. The van der Waals surface area contributed by atoms with Crippen LogP contribution in [0.5, 0.6) is 11.5 Å². The minimum atomic E-state index is -0.920. The van der Waals surface area contributed by atoms with Gasteiger partial charge in [-0.25, -0.2) is 4.79 Å². The number of benzene rings is 2. The quantitative estimate of drug-likeness (QED) is 0.452. The number of nitro groups is 1. The van der Waals surface area contributed by atoms with Gasteiger partial charge >= 0.3 is 6.09 Å². The SMILES string of the molecule is COc1cc(C(C)OOC(=O)Nc2ccccc2)c([N+](=O)[O-])cc1OC. The van der Waals surface area contributed by atoms with Crippen molar-refractivity contribution in [3.05, 3.63) is 58.1 Å². The molecule has 9 heteroatoms. The Labute approximate surface area is 149 Å². The standard InChI is InChI=1S/C17H18N2O7/c1-11(25-26-17(20)18-12-7-5-4-6-8-12)13-9-15(23-2)16(24-3)10-14(13)19(21)22/h4-11H,1-3H3,(H,18,20). The predicted octanol–water partition coefficient (Wildman–Crippen LogP) is 3.85. The molecule has 0 bridgehead atoms. The molecule has 1 atom stereocenters. The van der Waals surface area contributed by atoms with Gasteiger partial charge in [0.05, 0.1) is 30.8 Å². The van der Waals surface area contributed by atoms with Crippen LogP contribution in [0.1, 0.15) is 18.6 Å². The van der Waals surface area contributed by atoms with Crippen LogP contribution < -0.4 is 14.8 Å². The molecule has 138 valence electrons. The Kier molecular flexibility index (Phi) is 6.34. The summed E-state index contributed by atoms with van der Waals surface area (Å²) in [5.74, 6) is 0.496. The van der Waals surface area contributed by atoms with E-state index < -0.39 is 17.1 Å². The average Bonchev–Trinajstić information content (AvgIpc) is 2.65. The number of anilines is 1. The number of rotatable bonds is 7. The van der Waals surface area contributed by atoms with Crippen LogP contribution in [0.4, 0.5) is 16.2 Å². The topological polar surface area (TPSA) is 109 Å². The number of carbonyl (C=O) groups excluding carboxylic acids is 1. The zero-order chi connectivity index (χ0) is 19.1. The molecule has 9 nitrogen and oxygen atoms in total. The van der Waals surface area contributed by atoms with Gasteiger partial charge in [-0.1, -0.05) is 18.2 Å². The molecule has 1 N–H and O–H groups in total. The minimum absolute atomic E-state index is 0.167.